The summed E-state index contributed by atoms with van der Waals surface area (Å²) in [6.07, 6.45) is 5.98. The van der Waals surface area contributed by atoms with Crippen molar-refractivity contribution in [2.75, 3.05) is 5.32 Å². The average Bonchev–Trinajstić information content (AvgIpc) is 2.29. The van der Waals surface area contributed by atoms with Crippen LogP contribution in [-0.4, -0.2) is 20.9 Å². The molecule has 17 heavy (non-hydrogen) atoms. The molecular formula is C11H9ClN4O. The highest BCUT2D eigenvalue weighted by atomic mass is 35.5. The number of hydrogen-bond acceptors (Lipinski definition) is 4. The minimum absolute atomic E-state index is 0.227. The number of nitrogens with zero attached hydrogens (tertiary/aromatic N) is 3. The Bertz CT molecular complexity index is 559. The molecule has 2 aromatic rings. The normalized spacial score (nSPS) is 10.0. The third kappa shape index (κ3) is 2.98. The van der Waals surface area contributed by atoms with Crippen molar-refractivity contribution in [1.29, 1.82) is 0 Å². The van der Waals surface area contributed by atoms with Crippen molar-refractivity contribution >= 4 is 23.3 Å². The van der Waals surface area contributed by atoms with Crippen LogP contribution in [-0.2, 0) is 0 Å². The first-order valence-corrected chi connectivity index (χ1v) is 5.23. The van der Waals surface area contributed by atoms with Crippen molar-refractivity contribution in [2.45, 2.75) is 6.92 Å². The Morgan fingerprint density at radius 1 is 1.24 bits per heavy atom. The van der Waals surface area contributed by atoms with E-state index in [1.54, 1.807) is 12.3 Å². The molecule has 0 saturated heterocycles. The average molecular weight is 249 g/mol. The van der Waals surface area contributed by atoms with Crippen LogP contribution in [0.3, 0.4) is 0 Å². The summed E-state index contributed by atoms with van der Waals surface area (Å²) in [5, 5.41) is 2.82. The van der Waals surface area contributed by atoms with E-state index in [0.29, 0.717) is 11.4 Å². The zero-order valence-electron chi connectivity index (χ0n) is 9.01. The maximum atomic E-state index is 11.8. The molecule has 0 aromatic carbocycles. The second-order valence-electron chi connectivity index (χ2n) is 3.43. The zero-order chi connectivity index (χ0) is 12.3. The largest absolute Gasteiger partial charge is 0.305 e. The summed E-state index contributed by atoms with van der Waals surface area (Å²) in [4.78, 5) is 23.5. The fourth-order valence-electron chi connectivity index (χ4n) is 1.27. The molecule has 6 heteroatoms. The second-order valence-corrected chi connectivity index (χ2v) is 3.82. The predicted molar refractivity (Wildman–Crippen MR) is 64.0 cm³/mol. The predicted octanol–water partition coefficient (Wildman–Crippen LogP) is 2.09. The lowest BCUT2D eigenvalue weighted by atomic mass is 10.2. The Morgan fingerprint density at radius 3 is 2.71 bits per heavy atom. The van der Waals surface area contributed by atoms with Gasteiger partial charge in [0, 0.05) is 12.4 Å². The monoisotopic (exact) mass is 248 g/mol. The highest BCUT2D eigenvalue weighted by Crippen LogP contribution is 2.09. The first-order valence-electron chi connectivity index (χ1n) is 4.86. The van der Waals surface area contributed by atoms with Crippen LogP contribution in [0.2, 0.25) is 5.15 Å². The molecule has 2 heterocycles. The van der Waals surface area contributed by atoms with E-state index in [1.165, 1.54) is 18.6 Å². The van der Waals surface area contributed by atoms with Gasteiger partial charge in [0.2, 0.25) is 0 Å². The zero-order valence-corrected chi connectivity index (χ0v) is 9.77. The molecular weight excluding hydrogens is 240 g/mol. The highest BCUT2D eigenvalue weighted by Gasteiger charge is 2.07. The molecule has 1 N–H and O–H groups in total. The second kappa shape index (κ2) is 4.88. The van der Waals surface area contributed by atoms with E-state index in [9.17, 15) is 4.79 Å². The molecule has 0 spiro atoms. The Labute approximate surface area is 103 Å². The summed E-state index contributed by atoms with van der Waals surface area (Å²) in [6, 6.07) is 1.74. The molecule has 86 valence electrons. The minimum atomic E-state index is -0.294. The standard InChI is InChI=1S/C11H9ClN4O/c1-7-2-8(4-13-3-7)11(17)16-10-6-14-5-9(12)15-10/h2-6H,1H3,(H,15,16,17). The van der Waals surface area contributed by atoms with Crippen LogP contribution < -0.4 is 5.32 Å². The molecule has 0 saturated carbocycles. The highest BCUT2D eigenvalue weighted by molar-refractivity contribution is 6.29. The summed E-state index contributed by atoms with van der Waals surface area (Å²) in [5.41, 5.74) is 1.38. The van der Waals surface area contributed by atoms with Crippen molar-refractivity contribution in [3.05, 3.63) is 47.1 Å². The van der Waals surface area contributed by atoms with Crippen LogP contribution in [0.1, 0.15) is 15.9 Å². The SMILES string of the molecule is Cc1cncc(C(=O)Nc2cncc(Cl)n2)c1. The van der Waals surface area contributed by atoms with Crippen molar-refractivity contribution in [3.8, 4) is 0 Å². The summed E-state index contributed by atoms with van der Waals surface area (Å²) >= 11 is 5.66. The summed E-state index contributed by atoms with van der Waals surface area (Å²) < 4.78 is 0. The van der Waals surface area contributed by atoms with Crippen molar-refractivity contribution in [1.82, 2.24) is 15.0 Å². The van der Waals surface area contributed by atoms with E-state index in [-0.39, 0.29) is 11.1 Å². The molecule has 0 atom stereocenters. The van der Waals surface area contributed by atoms with Gasteiger partial charge < -0.3 is 5.32 Å². The number of carbonyl (C=O) groups excluding carboxylic acids is 1. The number of nitrogens with one attached hydrogen (secondary N) is 1. The Kier molecular flexibility index (Phi) is 3.30. The molecule has 0 radical (unpaired) electrons. The Hall–Kier alpha value is -2.01. The number of aryl methyl sites for hydroxylation is 1. The van der Waals surface area contributed by atoms with Gasteiger partial charge in [0.15, 0.2) is 5.82 Å². The molecule has 1 amide bonds. The summed E-state index contributed by atoms with van der Waals surface area (Å²) in [7, 11) is 0. The maximum Gasteiger partial charge on any atom is 0.258 e. The van der Waals surface area contributed by atoms with Gasteiger partial charge >= 0.3 is 0 Å². The van der Waals surface area contributed by atoms with E-state index in [1.807, 2.05) is 6.92 Å². The van der Waals surface area contributed by atoms with E-state index < -0.39 is 0 Å². The van der Waals surface area contributed by atoms with Gasteiger partial charge in [-0.2, -0.15) is 0 Å². The number of rotatable bonds is 2. The molecule has 0 aliphatic carbocycles. The van der Waals surface area contributed by atoms with Crippen LogP contribution >= 0.6 is 11.6 Å². The molecule has 2 rings (SSSR count). The third-order valence-corrected chi connectivity index (χ3v) is 2.17. The lowest BCUT2D eigenvalue weighted by Gasteiger charge is -2.04. The lowest BCUT2D eigenvalue weighted by Crippen LogP contribution is -2.13. The van der Waals surface area contributed by atoms with Gasteiger partial charge in [-0.3, -0.25) is 14.8 Å². The van der Waals surface area contributed by atoms with Gasteiger partial charge in [-0.25, -0.2) is 4.98 Å². The van der Waals surface area contributed by atoms with Gasteiger partial charge in [-0.1, -0.05) is 11.6 Å². The number of aromatic nitrogens is 3. The number of pyridine rings is 1. The fraction of sp³-hybridized carbons (Fsp3) is 0.0909. The molecule has 0 aliphatic heterocycles. The Morgan fingerprint density at radius 2 is 2.00 bits per heavy atom. The quantitative estimate of drug-likeness (QED) is 0.884. The van der Waals surface area contributed by atoms with Crippen molar-refractivity contribution in [2.24, 2.45) is 0 Å². The van der Waals surface area contributed by atoms with E-state index >= 15 is 0 Å². The molecule has 0 aliphatic rings. The van der Waals surface area contributed by atoms with E-state index in [2.05, 4.69) is 20.3 Å². The fourth-order valence-corrected chi connectivity index (χ4v) is 1.42. The van der Waals surface area contributed by atoms with E-state index in [0.717, 1.165) is 5.56 Å². The Balaban J connectivity index is 2.17. The molecule has 0 fully saturated rings. The van der Waals surface area contributed by atoms with Gasteiger partial charge in [-0.05, 0) is 18.6 Å². The van der Waals surface area contributed by atoms with Crippen LogP contribution in [0.4, 0.5) is 5.82 Å². The topological polar surface area (TPSA) is 67.8 Å². The number of hydrogen-bond donors (Lipinski definition) is 1. The van der Waals surface area contributed by atoms with Gasteiger partial charge in [0.25, 0.3) is 5.91 Å². The van der Waals surface area contributed by atoms with E-state index in [4.69, 9.17) is 11.6 Å². The number of halogens is 1. The van der Waals surface area contributed by atoms with Gasteiger partial charge in [-0.15, -0.1) is 0 Å². The first kappa shape index (κ1) is 11.5. The molecule has 0 bridgehead atoms. The van der Waals surface area contributed by atoms with Crippen molar-refractivity contribution < 1.29 is 4.79 Å². The van der Waals surface area contributed by atoms with Gasteiger partial charge in [0.05, 0.1) is 18.0 Å². The number of amides is 1. The number of anilines is 1. The number of carbonyl (C=O) groups is 1. The first-order chi connectivity index (χ1) is 8.15. The van der Waals surface area contributed by atoms with Crippen molar-refractivity contribution in [3.63, 3.8) is 0 Å². The summed E-state index contributed by atoms with van der Waals surface area (Å²) in [5.74, 6) is 0.0155. The molecule has 5 nitrogen and oxygen atoms in total. The lowest BCUT2D eigenvalue weighted by molar-refractivity contribution is 0.102. The third-order valence-electron chi connectivity index (χ3n) is 1.98. The van der Waals surface area contributed by atoms with Crippen LogP contribution in [0, 0.1) is 6.92 Å². The minimum Gasteiger partial charge on any atom is -0.305 e. The molecule has 2 aromatic heterocycles. The molecule has 0 unspecified atom stereocenters. The van der Waals surface area contributed by atoms with Crippen LogP contribution in [0.25, 0.3) is 0 Å². The summed E-state index contributed by atoms with van der Waals surface area (Å²) in [6.45, 7) is 1.86. The smallest absolute Gasteiger partial charge is 0.258 e. The van der Waals surface area contributed by atoms with Gasteiger partial charge in [0.1, 0.15) is 5.15 Å². The van der Waals surface area contributed by atoms with Crippen LogP contribution in [0.15, 0.2) is 30.9 Å². The maximum absolute atomic E-state index is 11.8. The van der Waals surface area contributed by atoms with Crippen LogP contribution in [0.5, 0.6) is 0 Å².